The molecule has 1 aliphatic heterocycles. The number of aliphatic hydroxyl groups excluding tert-OH is 1. The van der Waals surface area contributed by atoms with Crippen molar-refractivity contribution < 1.29 is 9.84 Å². The minimum Gasteiger partial charge on any atom is -0.491 e. The molecule has 0 aromatic heterocycles. The molecule has 1 aliphatic rings. The number of ether oxygens (including phenoxy) is 1. The fourth-order valence-electron chi connectivity index (χ4n) is 3.57. The summed E-state index contributed by atoms with van der Waals surface area (Å²) < 4.78 is 5.84. The van der Waals surface area contributed by atoms with Crippen LogP contribution in [0.1, 0.15) is 18.1 Å². The number of benzene rings is 2. The van der Waals surface area contributed by atoms with E-state index in [1.165, 1.54) is 0 Å². The molecule has 2 aromatic carbocycles. The largest absolute Gasteiger partial charge is 0.491 e. The molecule has 0 bridgehead atoms. The highest BCUT2D eigenvalue weighted by Crippen LogP contribution is 2.15. The third kappa shape index (κ3) is 7.61. The molecule has 0 spiro atoms. The van der Waals surface area contributed by atoms with Gasteiger partial charge in [-0.3, -0.25) is 4.90 Å². The third-order valence-corrected chi connectivity index (χ3v) is 5.50. The van der Waals surface area contributed by atoms with Gasteiger partial charge in [0.25, 0.3) is 0 Å². The van der Waals surface area contributed by atoms with Crippen LogP contribution in [0.15, 0.2) is 48.5 Å². The van der Waals surface area contributed by atoms with E-state index in [0.29, 0.717) is 13.2 Å². The Bertz CT molecular complexity index is 750. The summed E-state index contributed by atoms with van der Waals surface area (Å²) in [5.41, 5.74) is 2.31. The first-order valence-electron chi connectivity index (χ1n) is 10.4. The van der Waals surface area contributed by atoms with Gasteiger partial charge in [-0.15, -0.1) is 0 Å². The van der Waals surface area contributed by atoms with Crippen LogP contribution in [0.5, 0.6) is 5.75 Å². The van der Waals surface area contributed by atoms with Gasteiger partial charge in [-0.05, 0) is 41.9 Å². The van der Waals surface area contributed by atoms with Gasteiger partial charge < -0.3 is 20.1 Å². The van der Waals surface area contributed by atoms with Crippen LogP contribution in [-0.2, 0) is 13.1 Å². The van der Waals surface area contributed by atoms with Crippen molar-refractivity contribution in [3.8, 4) is 5.75 Å². The van der Waals surface area contributed by atoms with Gasteiger partial charge in [0.05, 0.1) is 0 Å². The number of rotatable bonds is 10. The van der Waals surface area contributed by atoms with Crippen LogP contribution in [0.2, 0.25) is 5.02 Å². The van der Waals surface area contributed by atoms with Crippen LogP contribution in [0.25, 0.3) is 0 Å². The fraction of sp³-hybridized carbons (Fsp3) is 0.478. The van der Waals surface area contributed by atoms with Crippen LogP contribution in [-0.4, -0.2) is 66.9 Å². The van der Waals surface area contributed by atoms with Crippen molar-refractivity contribution in [3.63, 3.8) is 0 Å². The summed E-state index contributed by atoms with van der Waals surface area (Å²) >= 11 is 6.03. The number of likely N-dealkylation sites (N-methyl/N-ethyl adjacent to an activating group) is 1. The van der Waals surface area contributed by atoms with E-state index in [0.717, 1.165) is 67.7 Å². The molecule has 3 rings (SSSR count). The summed E-state index contributed by atoms with van der Waals surface area (Å²) in [6.07, 6.45) is -0.479. The van der Waals surface area contributed by atoms with E-state index in [4.69, 9.17) is 16.3 Å². The molecule has 2 aromatic rings. The predicted octanol–water partition coefficient (Wildman–Crippen LogP) is 3.01. The molecular formula is C23H32ClN3O2. The molecule has 2 N–H and O–H groups in total. The first-order chi connectivity index (χ1) is 14.1. The molecular weight excluding hydrogens is 386 g/mol. The SMILES string of the molecule is CCN1CCN(C[C@@H](O)COc2cccc(CNCc3cccc(Cl)c3)c2)CC1. The van der Waals surface area contributed by atoms with Crippen molar-refractivity contribution in [2.75, 3.05) is 45.9 Å². The molecule has 5 nitrogen and oxygen atoms in total. The Hall–Kier alpha value is -1.63. The summed E-state index contributed by atoms with van der Waals surface area (Å²) in [6, 6.07) is 15.9. The van der Waals surface area contributed by atoms with E-state index in [-0.39, 0.29) is 0 Å². The second kappa shape index (κ2) is 11.5. The van der Waals surface area contributed by atoms with Gasteiger partial charge in [0.1, 0.15) is 18.5 Å². The predicted molar refractivity (Wildman–Crippen MR) is 118 cm³/mol. The highest BCUT2D eigenvalue weighted by Gasteiger charge is 2.18. The Labute approximate surface area is 179 Å². The maximum absolute atomic E-state index is 10.3. The van der Waals surface area contributed by atoms with Crippen LogP contribution in [0.3, 0.4) is 0 Å². The monoisotopic (exact) mass is 417 g/mol. The van der Waals surface area contributed by atoms with Gasteiger partial charge in [-0.25, -0.2) is 0 Å². The minimum atomic E-state index is -0.479. The molecule has 0 amide bonds. The van der Waals surface area contributed by atoms with Gasteiger partial charge in [-0.1, -0.05) is 42.8 Å². The van der Waals surface area contributed by atoms with Crippen molar-refractivity contribution >= 4 is 11.6 Å². The van der Waals surface area contributed by atoms with Crippen LogP contribution >= 0.6 is 11.6 Å². The lowest BCUT2D eigenvalue weighted by atomic mass is 10.2. The van der Waals surface area contributed by atoms with Crippen molar-refractivity contribution in [2.24, 2.45) is 0 Å². The number of nitrogens with one attached hydrogen (secondary N) is 1. The maximum atomic E-state index is 10.3. The molecule has 6 heteroatoms. The molecule has 1 atom stereocenters. The fourth-order valence-corrected chi connectivity index (χ4v) is 3.79. The van der Waals surface area contributed by atoms with Crippen LogP contribution < -0.4 is 10.1 Å². The number of nitrogens with zero attached hydrogens (tertiary/aromatic N) is 2. The van der Waals surface area contributed by atoms with Gasteiger partial charge in [0.2, 0.25) is 0 Å². The molecule has 158 valence electrons. The van der Waals surface area contributed by atoms with Gasteiger partial charge in [-0.2, -0.15) is 0 Å². The molecule has 0 radical (unpaired) electrons. The third-order valence-electron chi connectivity index (χ3n) is 5.27. The number of halogens is 1. The molecule has 1 heterocycles. The number of β-amino-alcohol motifs (C(OH)–C–C–N with tert-alkyl or cyclic N) is 1. The number of hydrogen-bond acceptors (Lipinski definition) is 5. The van der Waals surface area contributed by atoms with Crippen molar-refractivity contribution in [1.29, 1.82) is 0 Å². The van der Waals surface area contributed by atoms with E-state index in [2.05, 4.69) is 34.2 Å². The molecule has 0 aliphatic carbocycles. The number of hydrogen-bond donors (Lipinski definition) is 2. The molecule has 0 saturated carbocycles. The highest BCUT2D eigenvalue weighted by molar-refractivity contribution is 6.30. The Balaban J connectivity index is 1.39. The second-order valence-electron chi connectivity index (χ2n) is 7.58. The topological polar surface area (TPSA) is 48.0 Å². The van der Waals surface area contributed by atoms with E-state index >= 15 is 0 Å². The zero-order chi connectivity index (χ0) is 20.5. The summed E-state index contributed by atoms with van der Waals surface area (Å²) in [5.74, 6) is 0.793. The first kappa shape index (κ1) is 22.1. The lowest BCUT2D eigenvalue weighted by Crippen LogP contribution is -2.49. The van der Waals surface area contributed by atoms with E-state index in [1.807, 2.05) is 36.4 Å². The minimum absolute atomic E-state index is 0.313. The molecule has 1 fully saturated rings. The summed E-state index contributed by atoms with van der Waals surface area (Å²) in [7, 11) is 0. The zero-order valence-electron chi connectivity index (χ0n) is 17.2. The normalized spacial score (nSPS) is 16.7. The zero-order valence-corrected chi connectivity index (χ0v) is 17.9. The summed E-state index contributed by atoms with van der Waals surface area (Å²) in [5, 5.41) is 14.5. The van der Waals surface area contributed by atoms with Crippen LogP contribution in [0.4, 0.5) is 0 Å². The quantitative estimate of drug-likeness (QED) is 0.622. The average molecular weight is 418 g/mol. The summed E-state index contributed by atoms with van der Waals surface area (Å²) in [6.45, 7) is 9.96. The standard InChI is InChI=1S/C23H32ClN3O2/c1-2-26-9-11-27(12-10-26)17-22(28)18-29-23-8-4-6-20(14-23)16-25-15-19-5-3-7-21(24)13-19/h3-8,13-14,22,25,28H,2,9-12,15-18H2,1H3/t22-/m1/s1. The van der Waals surface area contributed by atoms with Gasteiger partial charge in [0.15, 0.2) is 0 Å². The highest BCUT2D eigenvalue weighted by atomic mass is 35.5. The van der Waals surface area contributed by atoms with Crippen molar-refractivity contribution in [1.82, 2.24) is 15.1 Å². The molecule has 0 unspecified atom stereocenters. The van der Waals surface area contributed by atoms with Crippen molar-refractivity contribution in [3.05, 3.63) is 64.7 Å². The maximum Gasteiger partial charge on any atom is 0.119 e. The molecule has 1 saturated heterocycles. The van der Waals surface area contributed by atoms with E-state index < -0.39 is 6.10 Å². The Kier molecular flexibility index (Phi) is 8.77. The van der Waals surface area contributed by atoms with E-state index in [9.17, 15) is 5.11 Å². The number of piperazine rings is 1. The van der Waals surface area contributed by atoms with Gasteiger partial charge >= 0.3 is 0 Å². The van der Waals surface area contributed by atoms with E-state index in [1.54, 1.807) is 0 Å². The lowest BCUT2D eigenvalue weighted by molar-refractivity contribution is 0.0471. The number of aliphatic hydroxyl groups is 1. The molecule has 29 heavy (non-hydrogen) atoms. The second-order valence-corrected chi connectivity index (χ2v) is 8.02. The Morgan fingerprint density at radius 3 is 2.34 bits per heavy atom. The van der Waals surface area contributed by atoms with Crippen molar-refractivity contribution in [2.45, 2.75) is 26.1 Å². The van der Waals surface area contributed by atoms with Crippen LogP contribution in [0, 0.1) is 0 Å². The van der Waals surface area contributed by atoms with Gasteiger partial charge in [0, 0.05) is 50.8 Å². The average Bonchev–Trinajstić information content (AvgIpc) is 2.73. The smallest absolute Gasteiger partial charge is 0.119 e. The Morgan fingerprint density at radius 1 is 1.00 bits per heavy atom. The summed E-state index contributed by atoms with van der Waals surface area (Å²) in [4.78, 5) is 4.75. The first-order valence-corrected chi connectivity index (χ1v) is 10.8. The Morgan fingerprint density at radius 2 is 1.66 bits per heavy atom. The lowest BCUT2D eigenvalue weighted by Gasteiger charge is -2.34.